The Morgan fingerprint density at radius 2 is 2.24 bits per heavy atom. The van der Waals surface area contributed by atoms with Crippen LogP contribution in [-0.4, -0.2) is 11.5 Å². The zero-order valence-electron chi connectivity index (χ0n) is 9.08. The Morgan fingerprint density at radius 3 is 2.76 bits per heavy atom. The smallest absolute Gasteiger partial charge is 0.293 e. The zero-order chi connectivity index (χ0) is 12.4. The summed E-state index contributed by atoms with van der Waals surface area (Å²) >= 11 is 2.95. The van der Waals surface area contributed by atoms with Gasteiger partial charge in [-0.05, 0) is 34.7 Å². The number of nitrogens with zero attached hydrogens (tertiary/aromatic N) is 1. The fraction of sp³-hybridized carbons (Fsp3) is 0.455. The first kappa shape index (κ1) is 12.3. The molecule has 0 saturated heterocycles. The topological polar surface area (TPSA) is 55.2 Å². The van der Waals surface area contributed by atoms with Crippen LogP contribution in [0.25, 0.3) is 0 Å². The van der Waals surface area contributed by atoms with E-state index < -0.39 is 10.7 Å². The van der Waals surface area contributed by atoms with Crippen molar-refractivity contribution in [1.82, 2.24) is 0 Å². The minimum atomic E-state index is -0.507. The third-order valence-corrected chi connectivity index (χ3v) is 3.65. The van der Waals surface area contributed by atoms with Crippen LogP contribution in [0.15, 0.2) is 16.6 Å². The molecule has 0 radical (unpaired) electrons. The lowest BCUT2D eigenvalue weighted by atomic mass is 9.85. The molecule has 1 aliphatic rings. The number of nitro groups is 1. The van der Waals surface area contributed by atoms with E-state index >= 15 is 0 Å². The van der Waals surface area contributed by atoms with Gasteiger partial charge < -0.3 is 5.32 Å². The van der Waals surface area contributed by atoms with E-state index in [0.717, 1.165) is 12.8 Å². The fourth-order valence-corrected chi connectivity index (χ4v) is 2.11. The van der Waals surface area contributed by atoms with Gasteiger partial charge in [-0.3, -0.25) is 10.1 Å². The van der Waals surface area contributed by atoms with Crippen LogP contribution in [0, 0.1) is 21.8 Å². The number of rotatable bonds is 4. The van der Waals surface area contributed by atoms with Crippen LogP contribution in [0.5, 0.6) is 0 Å². The number of nitrogens with one attached hydrogen (secondary N) is 1. The Morgan fingerprint density at radius 1 is 1.53 bits per heavy atom. The van der Waals surface area contributed by atoms with E-state index in [0.29, 0.717) is 12.5 Å². The number of hydrogen-bond donors (Lipinski definition) is 1. The summed E-state index contributed by atoms with van der Waals surface area (Å²) in [6.45, 7) is 0.669. The molecule has 0 aromatic heterocycles. The van der Waals surface area contributed by atoms with Crippen molar-refractivity contribution in [2.75, 3.05) is 11.9 Å². The van der Waals surface area contributed by atoms with Gasteiger partial charge in [0.15, 0.2) is 0 Å². The van der Waals surface area contributed by atoms with Gasteiger partial charge >= 0.3 is 0 Å². The SMILES string of the molecule is O=[N+]([O-])c1cc(Br)c(F)cc1NCC1CCC1. The molecule has 1 aromatic rings. The van der Waals surface area contributed by atoms with Gasteiger partial charge in [0.1, 0.15) is 11.5 Å². The van der Waals surface area contributed by atoms with Crippen LogP contribution < -0.4 is 5.32 Å². The first-order chi connectivity index (χ1) is 8.08. The normalized spacial score (nSPS) is 15.4. The molecule has 4 nitrogen and oxygen atoms in total. The molecule has 0 unspecified atom stereocenters. The molecule has 0 bridgehead atoms. The summed E-state index contributed by atoms with van der Waals surface area (Å²) in [7, 11) is 0. The number of benzene rings is 1. The van der Waals surface area contributed by atoms with Gasteiger partial charge in [-0.15, -0.1) is 0 Å². The Kier molecular flexibility index (Phi) is 3.61. The van der Waals surface area contributed by atoms with Crippen molar-refractivity contribution in [1.29, 1.82) is 0 Å². The Hall–Kier alpha value is -1.17. The van der Waals surface area contributed by atoms with Crippen molar-refractivity contribution in [2.45, 2.75) is 19.3 Å². The second-order valence-electron chi connectivity index (χ2n) is 4.22. The third-order valence-electron chi connectivity index (χ3n) is 3.04. The Labute approximate surface area is 106 Å². The van der Waals surface area contributed by atoms with Crippen LogP contribution in [-0.2, 0) is 0 Å². The van der Waals surface area contributed by atoms with Gasteiger partial charge in [0.2, 0.25) is 0 Å². The predicted molar refractivity (Wildman–Crippen MR) is 66.6 cm³/mol. The largest absolute Gasteiger partial charge is 0.379 e. The summed E-state index contributed by atoms with van der Waals surface area (Å²) in [5.74, 6) is 0.0630. The van der Waals surface area contributed by atoms with Crippen LogP contribution in [0.4, 0.5) is 15.8 Å². The maximum absolute atomic E-state index is 13.3. The van der Waals surface area contributed by atoms with Crippen molar-refractivity contribution in [2.24, 2.45) is 5.92 Å². The molecule has 1 aromatic carbocycles. The maximum Gasteiger partial charge on any atom is 0.293 e. The monoisotopic (exact) mass is 302 g/mol. The highest BCUT2D eigenvalue weighted by molar-refractivity contribution is 9.10. The second-order valence-corrected chi connectivity index (χ2v) is 5.07. The molecule has 17 heavy (non-hydrogen) atoms. The molecule has 0 amide bonds. The lowest BCUT2D eigenvalue weighted by Crippen LogP contribution is -2.21. The molecule has 0 spiro atoms. The summed E-state index contributed by atoms with van der Waals surface area (Å²) in [5, 5.41) is 13.8. The van der Waals surface area contributed by atoms with E-state index in [1.165, 1.54) is 18.6 Å². The average Bonchev–Trinajstić information content (AvgIpc) is 2.20. The molecule has 0 aliphatic heterocycles. The molecular weight excluding hydrogens is 291 g/mol. The van der Waals surface area contributed by atoms with Gasteiger partial charge in [0.25, 0.3) is 5.69 Å². The van der Waals surface area contributed by atoms with Crippen molar-refractivity contribution < 1.29 is 9.31 Å². The maximum atomic E-state index is 13.3. The highest BCUT2D eigenvalue weighted by Crippen LogP contribution is 2.32. The first-order valence-electron chi connectivity index (χ1n) is 5.45. The summed E-state index contributed by atoms with van der Waals surface area (Å²) in [6.07, 6.45) is 3.49. The lowest BCUT2D eigenvalue weighted by molar-refractivity contribution is -0.384. The van der Waals surface area contributed by atoms with E-state index in [1.54, 1.807) is 0 Å². The Balaban J connectivity index is 2.17. The Bertz CT molecular complexity index is 449. The molecule has 0 heterocycles. The zero-order valence-corrected chi connectivity index (χ0v) is 10.7. The quantitative estimate of drug-likeness (QED) is 0.681. The summed E-state index contributed by atoms with van der Waals surface area (Å²) in [6, 6.07) is 2.36. The molecule has 1 N–H and O–H groups in total. The lowest BCUT2D eigenvalue weighted by Gasteiger charge is -2.25. The second kappa shape index (κ2) is 5.00. The number of anilines is 1. The fourth-order valence-electron chi connectivity index (χ4n) is 1.78. The van der Waals surface area contributed by atoms with Crippen LogP contribution in [0.3, 0.4) is 0 Å². The number of halogens is 2. The predicted octanol–water partition coefficient (Wildman–Crippen LogP) is 3.71. The van der Waals surface area contributed by atoms with E-state index in [1.807, 2.05) is 0 Å². The van der Waals surface area contributed by atoms with Crippen molar-refractivity contribution >= 4 is 27.3 Å². The minimum Gasteiger partial charge on any atom is -0.379 e. The standard InChI is InChI=1S/C11H12BrFN2O2/c12-8-4-11(15(16)17)10(5-9(8)13)14-6-7-2-1-3-7/h4-5,7,14H,1-3,6H2. The van der Waals surface area contributed by atoms with Gasteiger partial charge in [-0.1, -0.05) is 6.42 Å². The van der Waals surface area contributed by atoms with Gasteiger partial charge in [0.05, 0.1) is 9.40 Å². The molecule has 2 rings (SSSR count). The van der Waals surface area contributed by atoms with Crippen LogP contribution in [0.2, 0.25) is 0 Å². The summed E-state index contributed by atoms with van der Waals surface area (Å²) < 4.78 is 13.4. The van der Waals surface area contributed by atoms with Crippen molar-refractivity contribution in [3.05, 3.63) is 32.5 Å². The number of nitro benzene ring substituents is 1. The van der Waals surface area contributed by atoms with Gasteiger partial charge in [0, 0.05) is 18.7 Å². The first-order valence-corrected chi connectivity index (χ1v) is 6.24. The molecule has 1 fully saturated rings. The van der Waals surface area contributed by atoms with Crippen molar-refractivity contribution in [3.8, 4) is 0 Å². The highest BCUT2D eigenvalue weighted by Gasteiger charge is 2.21. The number of hydrogen-bond acceptors (Lipinski definition) is 3. The molecule has 1 aliphatic carbocycles. The molecule has 1 saturated carbocycles. The van der Waals surface area contributed by atoms with Crippen LogP contribution >= 0.6 is 15.9 Å². The van der Waals surface area contributed by atoms with Gasteiger partial charge in [-0.25, -0.2) is 4.39 Å². The van der Waals surface area contributed by atoms with E-state index in [-0.39, 0.29) is 15.8 Å². The molecule has 92 valence electrons. The van der Waals surface area contributed by atoms with E-state index in [4.69, 9.17) is 0 Å². The molecule has 0 atom stereocenters. The summed E-state index contributed by atoms with van der Waals surface area (Å²) in [5.41, 5.74) is 0.153. The van der Waals surface area contributed by atoms with E-state index in [2.05, 4.69) is 21.2 Å². The van der Waals surface area contributed by atoms with Crippen molar-refractivity contribution in [3.63, 3.8) is 0 Å². The van der Waals surface area contributed by atoms with Crippen LogP contribution in [0.1, 0.15) is 19.3 Å². The molecular formula is C11H12BrFN2O2. The highest BCUT2D eigenvalue weighted by atomic mass is 79.9. The van der Waals surface area contributed by atoms with E-state index in [9.17, 15) is 14.5 Å². The molecule has 6 heteroatoms. The summed E-state index contributed by atoms with van der Waals surface area (Å²) in [4.78, 5) is 10.3. The average molecular weight is 303 g/mol. The van der Waals surface area contributed by atoms with Gasteiger partial charge in [-0.2, -0.15) is 0 Å². The minimum absolute atomic E-state index is 0.0994. The third kappa shape index (κ3) is 2.74.